The molecule has 0 bridgehead atoms. The maximum atomic E-state index is 12.5. The SMILES string of the molecule is CCCCN(CCCC)C(=O)c1cnc(NCCC)cn1. The molecule has 0 spiro atoms. The zero-order valence-corrected chi connectivity index (χ0v) is 13.6. The minimum absolute atomic E-state index is 0.00792. The number of anilines is 1. The average Bonchev–Trinajstić information content (AvgIpc) is 2.53. The van der Waals surface area contributed by atoms with E-state index in [0.29, 0.717) is 5.69 Å². The Morgan fingerprint density at radius 1 is 1.05 bits per heavy atom. The van der Waals surface area contributed by atoms with Gasteiger partial charge in [0, 0.05) is 19.6 Å². The summed E-state index contributed by atoms with van der Waals surface area (Å²) in [6.07, 6.45) is 8.47. The second-order valence-electron chi connectivity index (χ2n) is 5.21. The van der Waals surface area contributed by atoms with Gasteiger partial charge in [-0.2, -0.15) is 0 Å². The minimum atomic E-state index is -0.00792. The molecule has 5 heteroatoms. The molecule has 0 fully saturated rings. The normalized spacial score (nSPS) is 10.4. The smallest absolute Gasteiger partial charge is 0.274 e. The second-order valence-corrected chi connectivity index (χ2v) is 5.21. The number of carbonyl (C=O) groups excluding carboxylic acids is 1. The molecule has 0 aliphatic carbocycles. The van der Waals surface area contributed by atoms with Gasteiger partial charge in [-0.15, -0.1) is 0 Å². The molecular formula is C16H28N4O. The summed E-state index contributed by atoms with van der Waals surface area (Å²) in [5, 5.41) is 3.16. The van der Waals surface area contributed by atoms with Gasteiger partial charge >= 0.3 is 0 Å². The van der Waals surface area contributed by atoms with E-state index in [-0.39, 0.29) is 5.91 Å². The van der Waals surface area contributed by atoms with Crippen molar-refractivity contribution in [2.24, 2.45) is 0 Å². The van der Waals surface area contributed by atoms with Crippen LogP contribution < -0.4 is 5.32 Å². The van der Waals surface area contributed by atoms with E-state index in [2.05, 4.69) is 36.1 Å². The van der Waals surface area contributed by atoms with Crippen LogP contribution in [-0.2, 0) is 0 Å². The summed E-state index contributed by atoms with van der Waals surface area (Å²) in [7, 11) is 0. The van der Waals surface area contributed by atoms with Crippen molar-refractivity contribution in [2.45, 2.75) is 52.9 Å². The van der Waals surface area contributed by atoms with Gasteiger partial charge in [-0.1, -0.05) is 33.6 Å². The predicted octanol–water partition coefficient (Wildman–Crippen LogP) is 3.34. The third-order valence-corrected chi connectivity index (χ3v) is 3.28. The van der Waals surface area contributed by atoms with Crippen molar-refractivity contribution in [3.05, 3.63) is 18.1 Å². The van der Waals surface area contributed by atoms with Gasteiger partial charge in [0.15, 0.2) is 0 Å². The molecule has 1 aromatic heterocycles. The van der Waals surface area contributed by atoms with Crippen LogP contribution >= 0.6 is 0 Å². The zero-order chi connectivity index (χ0) is 15.5. The van der Waals surface area contributed by atoms with E-state index in [9.17, 15) is 4.79 Å². The molecule has 0 radical (unpaired) electrons. The van der Waals surface area contributed by atoms with Crippen LogP contribution in [0.4, 0.5) is 5.82 Å². The highest BCUT2D eigenvalue weighted by atomic mass is 16.2. The van der Waals surface area contributed by atoms with Gasteiger partial charge in [0.25, 0.3) is 5.91 Å². The molecule has 1 aromatic rings. The molecule has 0 saturated carbocycles. The Bertz CT molecular complexity index is 397. The first-order valence-corrected chi connectivity index (χ1v) is 8.08. The lowest BCUT2D eigenvalue weighted by molar-refractivity contribution is 0.0744. The quantitative estimate of drug-likeness (QED) is 0.718. The average molecular weight is 292 g/mol. The summed E-state index contributed by atoms with van der Waals surface area (Å²) >= 11 is 0. The highest BCUT2D eigenvalue weighted by Crippen LogP contribution is 2.07. The molecule has 5 nitrogen and oxygen atoms in total. The van der Waals surface area contributed by atoms with E-state index < -0.39 is 0 Å². The molecule has 0 saturated heterocycles. The summed E-state index contributed by atoms with van der Waals surface area (Å²) in [5.74, 6) is 0.716. The Labute approximate surface area is 128 Å². The van der Waals surface area contributed by atoms with Gasteiger partial charge in [0.2, 0.25) is 0 Å². The van der Waals surface area contributed by atoms with Crippen molar-refractivity contribution in [2.75, 3.05) is 25.0 Å². The maximum absolute atomic E-state index is 12.5. The van der Waals surface area contributed by atoms with Gasteiger partial charge in [-0.05, 0) is 19.3 Å². The standard InChI is InChI=1S/C16H28N4O/c1-4-7-10-20(11-8-5-2)16(21)14-12-19-15(13-18-14)17-9-6-3/h12-13H,4-11H2,1-3H3,(H,17,19). The van der Waals surface area contributed by atoms with E-state index in [4.69, 9.17) is 0 Å². The summed E-state index contributed by atoms with van der Waals surface area (Å²) in [6.45, 7) is 8.82. The second kappa shape index (κ2) is 10.1. The molecular weight excluding hydrogens is 264 g/mol. The van der Waals surface area contributed by atoms with Gasteiger partial charge in [0.1, 0.15) is 11.5 Å². The molecule has 21 heavy (non-hydrogen) atoms. The topological polar surface area (TPSA) is 58.1 Å². The minimum Gasteiger partial charge on any atom is -0.369 e. The molecule has 1 heterocycles. The molecule has 0 aromatic carbocycles. The lowest BCUT2D eigenvalue weighted by Gasteiger charge is -2.21. The predicted molar refractivity (Wildman–Crippen MR) is 86.5 cm³/mol. The van der Waals surface area contributed by atoms with E-state index in [1.807, 2.05) is 4.90 Å². The first kappa shape index (κ1) is 17.4. The van der Waals surface area contributed by atoms with Crippen molar-refractivity contribution < 1.29 is 4.79 Å². The van der Waals surface area contributed by atoms with Crippen LogP contribution in [0.1, 0.15) is 63.4 Å². The summed E-state index contributed by atoms with van der Waals surface area (Å²) in [5.41, 5.74) is 0.434. The Kier molecular flexibility index (Phi) is 8.40. The highest BCUT2D eigenvalue weighted by Gasteiger charge is 2.16. The molecule has 0 atom stereocenters. The third kappa shape index (κ3) is 6.10. The number of hydrogen-bond donors (Lipinski definition) is 1. The van der Waals surface area contributed by atoms with Gasteiger partial charge in [-0.3, -0.25) is 4.79 Å². The fourth-order valence-electron chi connectivity index (χ4n) is 1.96. The fraction of sp³-hybridized carbons (Fsp3) is 0.688. The number of nitrogens with one attached hydrogen (secondary N) is 1. The number of aromatic nitrogens is 2. The van der Waals surface area contributed by atoms with Crippen LogP contribution in [-0.4, -0.2) is 40.4 Å². The number of unbranched alkanes of at least 4 members (excludes halogenated alkanes) is 2. The Hall–Kier alpha value is -1.65. The molecule has 1 rings (SSSR count). The summed E-state index contributed by atoms with van der Waals surface area (Å²) < 4.78 is 0. The molecule has 0 aliphatic rings. The number of hydrogen-bond acceptors (Lipinski definition) is 4. The number of rotatable bonds is 10. The zero-order valence-electron chi connectivity index (χ0n) is 13.6. The molecule has 1 amide bonds. The largest absolute Gasteiger partial charge is 0.369 e. The van der Waals surface area contributed by atoms with Crippen molar-refractivity contribution in [1.29, 1.82) is 0 Å². The Balaban J connectivity index is 2.67. The number of amides is 1. The van der Waals surface area contributed by atoms with Crippen LogP contribution in [0, 0.1) is 0 Å². The highest BCUT2D eigenvalue weighted by molar-refractivity contribution is 5.92. The monoisotopic (exact) mass is 292 g/mol. The van der Waals surface area contributed by atoms with Gasteiger partial charge in [0.05, 0.1) is 12.4 Å². The molecule has 0 aliphatic heterocycles. The molecule has 1 N–H and O–H groups in total. The first-order valence-electron chi connectivity index (χ1n) is 8.08. The summed E-state index contributed by atoms with van der Waals surface area (Å²) in [6, 6.07) is 0. The van der Waals surface area contributed by atoms with Gasteiger partial charge in [-0.25, -0.2) is 9.97 Å². The van der Waals surface area contributed by atoms with E-state index in [1.165, 1.54) is 0 Å². The van der Waals surface area contributed by atoms with Crippen LogP contribution in [0.5, 0.6) is 0 Å². The molecule has 0 unspecified atom stereocenters. The van der Waals surface area contributed by atoms with Crippen LogP contribution in [0.2, 0.25) is 0 Å². The third-order valence-electron chi connectivity index (χ3n) is 3.28. The summed E-state index contributed by atoms with van der Waals surface area (Å²) in [4.78, 5) is 22.9. The van der Waals surface area contributed by atoms with Crippen molar-refractivity contribution >= 4 is 11.7 Å². The first-order chi connectivity index (χ1) is 10.2. The molecule has 118 valence electrons. The van der Waals surface area contributed by atoms with E-state index >= 15 is 0 Å². The number of carbonyl (C=O) groups is 1. The van der Waals surface area contributed by atoms with Crippen molar-refractivity contribution in [1.82, 2.24) is 14.9 Å². The van der Waals surface area contributed by atoms with E-state index in [1.54, 1.807) is 12.4 Å². The van der Waals surface area contributed by atoms with E-state index in [0.717, 1.165) is 57.6 Å². The van der Waals surface area contributed by atoms with Crippen LogP contribution in [0.3, 0.4) is 0 Å². The van der Waals surface area contributed by atoms with Crippen molar-refractivity contribution in [3.8, 4) is 0 Å². The lowest BCUT2D eigenvalue weighted by atomic mass is 10.2. The van der Waals surface area contributed by atoms with Crippen LogP contribution in [0.25, 0.3) is 0 Å². The Morgan fingerprint density at radius 2 is 1.71 bits per heavy atom. The van der Waals surface area contributed by atoms with Gasteiger partial charge < -0.3 is 10.2 Å². The van der Waals surface area contributed by atoms with Crippen molar-refractivity contribution in [3.63, 3.8) is 0 Å². The van der Waals surface area contributed by atoms with Crippen LogP contribution in [0.15, 0.2) is 12.4 Å². The lowest BCUT2D eigenvalue weighted by Crippen LogP contribution is -2.33. The number of nitrogens with zero attached hydrogens (tertiary/aromatic N) is 3. The Morgan fingerprint density at radius 3 is 2.19 bits per heavy atom. The maximum Gasteiger partial charge on any atom is 0.274 e. The fourth-order valence-corrected chi connectivity index (χ4v) is 1.96.